The van der Waals surface area contributed by atoms with Crippen LogP contribution in [-0.2, 0) is 9.53 Å². The van der Waals surface area contributed by atoms with Crippen LogP contribution in [0.2, 0.25) is 0 Å². The van der Waals surface area contributed by atoms with Crippen LogP contribution in [0.4, 0.5) is 0 Å². The van der Waals surface area contributed by atoms with Crippen molar-refractivity contribution in [1.29, 1.82) is 0 Å². The molecule has 1 heterocycles. The predicted molar refractivity (Wildman–Crippen MR) is 134 cm³/mol. The number of allylic oxidation sites excluding steroid dienone is 2. The Morgan fingerprint density at radius 1 is 1.06 bits per heavy atom. The van der Waals surface area contributed by atoms with Crippen molar-refractivity contribution in [3.8, 4) is 0 Å². The van der Waals surface area contributed by atoms with E-state index in [9.17, 15) is 15.0 Å². The first-order valence-electron chi connectivity index (χ1n) is 13.7. The highest BCUT2D eigenvalue weighted by Gasteiger charge is 2.68. The van der Waals surface area contributed by atoms with E-state index < -0.39 is 6.10 Å². The molecule has 34 heavy (non-hydrogen) atoms. The zero-order valence-electron chi connectivity index (χ0n) is 22.2. The molecule has 5 aliphatic rings. The molecule has 0 radical (unpaired) electrons. The molecule has 1 unspecified atom stereocenters. The minimum Gasteiger partial charge on any atom is -0.458 e. The number of carbonyl (C=O) groups excluding carboxylic acids is 1. The molecule has 0 aromatic rings. The second-order valence-electron chi connectivity index (χ2n) is 13.9. The van der Waals surface area contributed by atoms with E-state index in [0.717, 1.165) is 56.9 Å². The van der Waals surface area contributed by atoms with Gasteiger partial charge in [-0.15, -0.1) is 0 Å². The molecular weight excluding hydrogens is 424 g/mol. The fourth-order valence-corrected chi connectivity index (χ4v) is 9.93. The van der Waals surface area contributed by atoms with Crippen molar-refractivity contribution >= 4 is 5.97 Å². The number of cyclic esters (lactones) is 1. The molecule has 4 nitrogen and oxygen atoms in total. The number of carbonyl (C=O) groups is 1. The summed E-state index contributed by atoms with van der Waals surface area (Å²) in [6, 6.07) is 0. The number of aliphatic hydroxyl groups is 2. The summed E-state index contributed by atoms with van der Waals surface area (Å²) in [5.74, 6) is 0.537. The highest BCUT2D eigenvalue weighted by Crippen LogP contribution is 2.73. The Morgan fingerprint density at radius 3 is 2.41 bits per heavy atom. The minimum atomic E-state index is -0.483. The van der Waals surface area contributed by atoms with E-state index in [1.807, 2.05) is 6.92 Å². The Kier molecular flexibility index (Phi) is 5.55. The lowest BCUT2D eigenvalue weighted by Gasteiger charge is -2.64. The van der Waals surface area contributed by atoms with Crippen LogP contribution in [-0.4, -0.2) is 34.5 Å². The molecular formula is C30H46O4. The molecule has 4 fully saturated rings. The van der Waals surface area contributed by atoms with E-state index in [2.05, 4.69) is 47.3 Å². The lowest BCUT2D eigenvalue weighted by Crippen LogP contribution is -2.58. The third-order valence-electron chi connectivity index (χ3n) is 12.2. The third-order valence-corrected chi connectivity index (χ3v) is 12.2. The van der Waals surface area contributed by atoms with Crippen molar-refractivity contribution in [1.82, 2.24) is 0 Å². The van der Waals surface area contributed by atoms with E-state index in [4.69, 9.17) is 4.74 Å². The van der Waals surface area contributed by atoms with Crippen LogP contribution in [0.25, 0.3) is 0 Å². The molecule has 10 atom stereocenters. The lowest BCUT2D eigenvalue weighted by molar-refractivity contribution is -0.167. The lowest BCUT2D eigenvalue weighted by atomic mass is 9.41. The molecule has 4 heteroatoms. The fourth-order valence-electron chi connectivity index (χ4n) is 9.93. The summed E-state index contributed by atoms with van der Waals surface area (Å²) in [5, 5.41) is 22.3. The molecule has 0 aromatic carbocycles. The molecule has 1 saturated heterocycles. The van der Waals surface area contributed by atoms with Gasteiger partial charge in [0.05, 0.1) is 18.1 Å². The van der Waals surface area contributed by atoms with Crippen LogP contribution in [0.15, 0.2) is 23.8 Å². The summed E-state index contributed by atoms with van der Waals surface area (Å²) in [5.41, 5.74) is 2.31. The van der Waals surface area contributed by atoms with Crippen molar-refractivity contribution in [3.63, 3.8) is 0 Å². The molecule has 3 saturated carbocycles. The highest BCUT2D eigenvalue weighted by atomic mass is 16.5. The monoisotopic (exact) mass is 470 g/mol. The Labute approximate surface area is 206 Å². The van der Waals surface area contributed by atoms with Crippen molar-refractivity contribution in [3.05, 3.63) is 23.8 Å². The van der Waals surface area contributed by atoms with Gasteiger partial charge in [0.1, 0.15) is 6.10 Å². The summed E-state index contributed by atoms with van der Waals surface area (Å²) in [7, 11) is 0. The van der Waals surface area contributed by atoms with E-state index in [1.54, 1.807) is 0 Å². The summed E-state index contributed by atoms with van der Waals surface area (Å²) in [6.45, 7) is 17.7. The van der Waals surface area contributed by atoms with Gasteiger partial charge in [-0.05, 0) is 97.4 Å². The van der Waals surface area contributed by atoms with E-state index in [0.29, 0.717) is 11.8 Å². The highest BCUT2D eigenvalue weighted by molar-refractivity contribution is 5.74. The van der Waals surface area contributed by atoms with Gasteiger partial charge in [0, 0.05) is 5.92 Å². The summed E-state index contributed by atoms with van der Waals surface area (Å²) < 4.78 is 5.82. The first kappa shape index (κ1) is 24.6. The van der Waals surface area contributed by atoms with Crippen LogP contribution < -0.4 is 0 Å². The van der Waals surface area contributed by atoms with Gasteiger partial charge in [-0.1, -0.05) is 52.8 Å². The Balaban J connectivity index is 1.49. The van der Waals surface area contributed by atoms with Gasteiger partial charge >= 0.3 is 5.97 Å². The topological polar surface area (TPSA) is 66.8 Å². The number of esters is 1. The largest absolute Gasteiger partial charge is 0.458 e. The summed E-state index contributed by atoms with van der Waals surface area (Å²) in [4.78, 5) is 13.2. The summed E-state index contributed by atoms with van der Waals surface area (Å²) >= 11 is 0. The van der Waals surface area contributed by atoms with Crippen molar-refractivity contribution < 1.29 is 19.7 Å². The van der Waals surface area contributed by atoms with E-state index in [-0.39, 0.29) is 51.7 Å². The van der Waals surface area contributed by atoms with Crippen LogP contribution in [0.3, 0.4) is 0 Å². The number of hydrogen-bond acceptors (Lipinski definition) is 4. The number of hydrogen-bond donors (Lipinski definition) is 2. The maximum absolute atomic E-state index is 13.2. The molecule has 4 aliphatic carbocycles. The molecule has 0 aromatic heterocycles. The SMILES string of the molecule is C=C(C)[C@@H]1CCC([C@@H]2[C@@H](O)C[C@]3(C)C4=CC[C@H]5C(C)(C)[C@@H](O)CC[C@]5(C)[C@H]4CC[C@@]23C)C(=O)O1. The normalized spacial score (nSPS) is 52.1. The first-order chi connectivity index (χ1) is 15.8. The number of aliphatic hydroxyl groups excluding tert-OH is 2. The van der Waals surface area contributed by atoms with E-state index in [1.165, 1.54) is 5.57 Å². The van der Waals surface area contributed by atoms with Gasteiger partial charge in [0.2, 0.25) is 0 Å². The minimum absolute atomic E-state index is 0.0620. The van der Waals surface area contributed by atoms with Gasteiger partial charge in [-0.2, -0.15) is 0 Å². The zero-order chi connectivity index (χ0) is 24.8. The second-order valence-corrected chi connectivity index (χ2v) is 13.9. The third kappa shape index (κ3) is 3.06. The molecule has 0 spiro atoms. The second kappa shape index (κ2) is 7.68. The molecule has 190 valence electrons. The Morgan fingerprint density at radius 2 is 1.76 bits per heavy atom. The number of ether oxygens (including phenoxy) is 1. The van der Waals surface area contributed by atoms with Crippen molar-refractivity contribution in [2.24, 2.45) is 45.3 Å². The molecule has 5 rings (SSSR count). The zero-order valence-corrected chi connectivity index (χ0v) is 22.2. The first-order valence-corrected chi connectivity index (χ1v) is 13.7. The maximum Gasteiger partial charge on any atom is 0.309 e. The van der Waals surface area contributed by atoms with Crippen LogP contribution in [0.1, 0.15) is 92.9 Å². The Hall–Kier alpha value is -1.13. The average molecular weight is 471 g/mol. The van der Waals surface area contributed by atoms with Crippen molar-refractivity contribution in [2.75, 3.05) is 0 Å². The standard InChI is InChI=1S/C30H46O4/c1-17(2)22-10-8-18(26(33)34-22)25-21(31)16-30(7)20-9-11-23-27(3,4)24(32)13-14-28(23,5)19(20)12-15-29(25,30)6/h9,18-19,21-25,31-32H,1,8,10-16H2,2-7H3/t18?,19-,21-,22-,23-,24-,25+,28+,29-,30+/m0/s1. The molecule has 0 bridgehead atoms. The fraction of sp³-hybridized carbons (Fsp3) is 0.833. The van der Waals surface area contributed by atoms with Gasteiger partial charge in [0.25, 0.3) is 0 Å². The molecule has 1 aliphatic heterocycles. The average Bonchev–Trinajstić information content (AvgIpc) is 2.96. The number of rotatable bonds is 2. The quantitative estimate of drug-likeness (QED) is 0.394. The smallest absolute Gasteiger partial charge is 0.309 e. The molecule has 2 N–H and O–H groups in total. The van der Waals surface area contributed by atoms with Gasteiger partial charge in [-0.25, -0.2) is 0 Å². The predicted octanol–water partition coefficient (Wildman–Crippen LogP) is 5.82. The number of fused-ring (bicyclic) bond motifs is 5. The molecule has 0 amide bonds. The summed E-state index contributed by atoms with van der Waals surface area (Å²) in [6.07, 6.45) is 9.01. The van der Waals surface area contributed by atoms with Gasteiger partial charge in [0.15, 0.2) is 0 Å². The Bertz CT molecular complexity index is 919. The maximum atomic E-state index is 13.2. The van der Waals surface area contributed by atoms with E-state index >= 15 is 0 Å². The van der Waals surface area contributed by atoms with Crippen LogP contribution >= 0.6 is 0 Å². The van der Waals surface area contributed by atoms with Crippen LogP contribution in [0, 0.1) is 45.3 Å². The van der Waals surface area contributed by atoms with Crippen LogP contribution in [0.5, 0.6) is 0 Å². The van der Waals surface area contributed by atoms with Gasteiger partial charge < -0.3 is 14.9 Å². The van der Waals surface area contributed by atoms with Crippen molar-refractivity contribution in [2.45, 2.75) is 111 Å². The van der Waals surface area contributed by atoms with Gasteiger partial charge in [-0.3, -0.25) is 4.79 Å².